The molecular formula is C28H54O4Sn. The van der Waals surface area contributed by atoms with E-state index in [-0.39, 0.29) is 27.6 Å². The average molecular weight is 573 g/mol. The molecule has 0 aromatic carbocycles. The van der Waals surface area contributed by atoms with Gasteiger partial charge in [-0.15, -0.1) is 0 Å². The Balaban J connectivity index is 0. The maximum absolute atomic E-state index is 12.3. The molecule has 0 aliphatic rings. The number of carboxylic acid groups (broad SMARTS) is 2. The van der Waals surface area contributed by atoms with Crippen molar-refractivity contribution in [3.63, 3.8) is 0 Å². The second kappa shape index (κ2) is 21.1. The molecule has 0 aliphatic carbocycles. The van der Waals surface area contributed by atoms with E-state index in [4.69, 9.17) is 0 Å². The summed E-state index contributed by atoms with van der Waals surface area (Å²) >= 11 is 0.0389. The van der Waals surface area contributed by atoms with Gasteiger partial charge in [-0.2, -0.15) is 0 Å². The summed E-state index contributed by atoms with van der Waals surface area (Å²) in [6.45, 7) is 17.9. The summed E-state index contributed by atoms with van der Waals surface area (Å²) < 4.78 is 2.09. The number of hydrogen-bond acceptors (Lipinski definition) is 4. The SMILES string of the molecule is CCCCC(CC)CC(CCCC(=O)[O-])(CC(CC)CCCC)C(=O)[O-].C[CH](C)[Sn+2][CH](C)C. The van der Waals surface area contributed by atoms with Gasteiger partial charge in [-0.1, -0.05) is 79.1 Å². The van der Waals surface area contributed by atoms with Crippen molar-refractivity contribution in [3.05, 3.63) is 0 Å². The molecule has 33 heavy (non-hydrogen) atoms. The van der Waals surface area contributed by atoms with Crippen LogP contribution in [0.3, 0.4) is 0 Å². The van der Waals surface area contributed by atoms with E-state index < -0.39 is 17.4 Å². The standard InChI is InChI=1S/C22H42O4.2C3H7.Sn/c1-5-9-12-18(7-3)16-22(21(25)26,15-11-14-20(23)24)17-19(8-4)13-10-6-2;2*1-3-2;/h18-19H,5-17H2,1-4H3,(H,23,24)(H,25,26);2*3H,1-2H3;/q;;;+2/p-2. The van der Waals surface area contributed by atoms with Crippen LogP contribution in [-0.4, -0.2) is 33.1 Å². The predicted octanol–water partition coefficient (Wildman–Crippen LogP) is 6.20. The monoisotopic (exact) mass is 574 g/mol. The van der Waals surface area contributed by atoms with Gasteiger partial charge in [0.2, 0.25) is 0 Å². The Kier molecular flexibility index (Phi) is 22.3. The molecule has 0 fully saturated rings. The molecule has 0 saturated heterocycles. The number of carbonyl (C=O) groups is 2. The van der Waals surface area contributed by atoms with Crippen molar-refractivity contribution in [2.75, 3.05) is 0 Å². The molecule has 2 unspecified atom stereocenters. The summed E-state index contributed by atoms with van der Waals surface area (Å²) in [4.78, 5) is 23.1. The third-order valence-electron chi connectivity index (χ3n) is 6.58. The third-order valence-corrected chi connectivity index (χ3v) is 10.4. The van der Waals surface area contributed by atoms with Gasteiger partial charge in [-0.3, -0.25) is 0 Å². The van der Waals surface area contributed by atoms with E-state index in [1.807, 2.05) is 0 Å². The number of carboxylic acids is 2. The molecule has 0 aliphatic heterocycles. The molecule has 0 amide bonds. The number of carbonyl (C=O) groups excluding carboxylic acids is 2. The van der Waals surface area contributed by atoms with Gasteiger partial charge in [-0.05, 0) is 43.9 Å². The van der Waals surface area contributed by atoms with Gasteiger partial charge in [0.05, 0.1) is 0 Å². The van der Waals surface area contributed by atoms with E-state index >= 15 is 0 Å². The maximum atomic E-state index is 12.3. The van der Waals surface area contributed by atoms with Gasteiger partial charge >= 0.3 is 56.7 Å². The van der Waals surface area contributed by atoms with Crippen LogP contribution in [0.5, 0.6) is 0 Å². The van der Waals surface area contributed by atoms with Crippen LogP contribution >= 0.6 is 0 Å². The number of aliphatic carboxylic acids is 2. The normalized spacial score (nSPS) is 14.7. The minimum absolute atomic E-state index is 0.0389. The van der Waals surface area contributed by atoms with Crippen LogP contribution < -0.4 is 10.2 Å². The second-order valence-corrected chi connectivity index (χ2v) is 18.1. The molecule has 0 saturated carbocycles. The van der Waals surface area contributed by atoms with E-state index in [0.717, 1.165) is 59.2 Å². The van der Waals surface area contributed by atoms with Crippen molar-refractivity contribution in [1.29, 1.82) is 0 Å². The molecule has 0 spiro atoms. The molecule has 2 atom stereocenters. The minimum atomic E-state index is -1.10. The van der Waals surface area contributed by atoms with Crippen LogP contribution in [0, 0.1) is 17.3 Å². The Morgan fingerprint density at radius 1 is 0.758 bits per heavy atom. The Morgan fingerprint density at radius 2 is 1.18 bits per heavy atom. The Labute approximate surface area is 216 Å². The molecule has 0 N–H and O–H groups in total. The molecular weight excluding hydrogens is 519 g/mol. The zero-order valence-electron chi connectivity index (χ0n) is 23.1. The summed E-state index contributed by atoms with van der Waals surface area (Å²) in [6.07, 6.45) is 10.3. The van der Waals surface area contributed by atoms with Crippen LogP contribution in [0.15, 0.2) is 0 Å². The Bertz CT molecular complexity index is 466. The zero-order chi connectivity index (χ0) is 25.9. The van der Waals surface area contributed by atoms with Crippen molar-refractivity contribution in [2.24, 2.45) is 17.3 Å². The van der Waals surface area contributed by atoms with Crippen LogP contribution in [0.25, 0.3) is 0 Å². The van der Waals surface area contributed by atoms with E-state index in [1.165, 1.54) is 0 Å². The first kappa shape index (κ1) is 34.9. The van der Waals surface area contributed by atoms with Gasteiger partial charge in [-0.25, -0.2) is 0 Å². The first-order valence-electron chi connectivity index (χ1n) is 13.6. The summed E-state index contributed by atoms with van der Waals surface area (Å²) in [5.74, 6) is -1.37. The molecule has 4 nitrogen and oxygen atoms in total. The van der Waals surface area contributed by atoms with Crippen molar-refractivity contribution in [2.45, 2.75) is 147 Å². The molecule has 0 bridgehead atoms. The van der Waals surface area contributed by atoms with Crippen LogP contribution in [0.4, 0.5) is 0 Å². The Hall–Kier alpha value is -0.261. The van der Waals surface area contributed by atoms with Gasteiger partial charge in [0, 0.05) is 17.4 Å². The first-order chi connectivity index (χ1) is 15.5. The van der Waals surface area contributed by atoms with Gasteiger partial charge in [0.1, 0.15) is 0 Å². The van der Waals surface area contributed by atoms with Crippen molar-refractivity contribution >= 4 is 33.1 Å². The average Bonchev–Trinajstić information content (AvgIpc) is 2.72. The predicted molar refractivity (Wildman–Crippen MR) is 138 cm³/mol. The fourth-order valence-corrected chi connectivity index (χ4v) is 8.59. The molecule has 0 heterocycles. The first-order valence-corrected chi connectivity index (χ1v) is 16.9. The quantitative estimate of drug-likeness (QED) is 0.172. The Morgan fingerprint density at radius 3 is 1.42 bits per heavy atom. The van der Waals surface area contributed by atoms with Crippen LogP contribution in [-0.2, 0) is 9.59 Å². The molecule has 0 radical (unpaired) electrons. The van der Waals surface area contributed by atoms with Gasteiger partial charge < -0.3 is 19.8 Å². The third kappa shape index (κ3) is 18.7. The van der Waals surface area contributed by atoms with Crippen LogP contribution in [0.2, 0.25) is 7.87 Å². The van der Waals surface area contributed by atoms with E-state index in [2.05, 4.69) is 55.4 Å². The summed E-state index contributed by atoms with van der Waals surface area (Å²) in [6, 6.07) is 0. The molecule has 5 heteroatoms. The summed E-state index contributed by atoms with van der Waals surface area (Å²) in [5, 5.41) is 23.1. The van der Waals surface area contributed by atoms with Gasteiger partial charge in [0.15, 0.2) is 0 Å². The zero-order valence-corrected chi connectivity index (χ0v) is 26.0. The van der Waals surface area contributed by atoms with Gasteiger partial charge in [0.25, 0.3) is 0 Å². The summed E-state index contributed by atoms with van der Waals surface area (Å²) in [7, 11) is 0. The van der Waals surface area contributed by atoms with Crippen molar-refractivity contribution in [1.82, 2.24) is 0 Å². The van der Waals surface area contributed by atoms with Crippen molar-refractivity contribution < 1.29 is 19.8 Å². The number of hydrogen-bond donors (Lipinski definition) is 0. The van der Waals surface area contributed by atoms with E-state index in [1.54, 1.807) is 0 Å². The topological polar surface area (TPSA) is 80.3 Å². The van der Waals surface area contributed by atoms with E-state index in [0.29, 0.717) is 37.5 Å². The molecule has 194 valence electrons. The fourth-order valence-electron chi connectivity index (χ4n) is 4.79. The molecule has 0 rings (SSSR count). The van der Waals surface area contributed by atoms with E-state index in [9.17, 15) is 19.8 Å². The number of unbranched alkanes of at least 4 members (excludes halogenated alkanes) is 2. The second-order valence-electron chi connectivity index (χ2n) is 10.5. The molecule has 0 aromatic rings. The molecule has 0 aromatic heterocycles. The number of rotatable bonds is 19. The van der Waals surface area contributed by atoms with Crippen LogP contribution in [0.1, 0.15) is 139 Å². The fraction of sp³-hybridized carbons (Fsp3) is 0.929. The summed E-state index contributed by atoms with van der Waals surface area (Å²) in [5.41, 5.74) is -0.904. The van der Waals surface area contributed by atoms with Crippen molar-refractivity contribution in [3.8, 4) is 0 Å².